The Morgan fingerprint density at radius 1 is 0.972 bits per heavy atom. The van der Waals surface area contributed by atoms with Crippen LogP contribution in [0.3, 0.4) is 0 Å². The zero-order valence-corrected chi connectivity index (χ0v) is 20.2. The standard InChI is InChI=1S/C28H26FNO6/c1-4-13-36-21-10-5-7-17(14-21)25-24(26(31)22-15-18(29)11-12-23(22)35-3)27(32)28(33)30(25)19-8-6-9-20(16-19)34-2/h5-12,14-16,25,31H,4,13H2,1-3H3/b26-24+. The molecular weight excluding hydrogens is 465 g/mol. The highest BCUT2D eigenvalue weighted by Gasteiger charge is 2.47. The summed E-state index contributed by atoms with van der Waals surface area (Å²) in [6.07, 6.45) is 0.797. The van der Waals surface area contributed by atoms with Crippen LogP contribution in [-0.2, 0) is 9.59 Å². The van der Waals surface area contributed by atoms with Crippen molar-refractivity contribution in [2.24, 2.45) is 0 Å². The number of carbonyl (C=O) groups excluding carboxylic acids is 2. The molecule has 7 nitrogen and oxygen atoms in total. The second-order valence-electron chi connectivity index (χ2n) is 8.14. The minimum absolute atomic E-state index is 0.0375. The smallest absolute Gasteiger partial charge is 0.300 e. The Hall–Kier alpha value is -4.33. The highest BCUT2D eigenvalue weighted by molar-refractivity contribution is 6.51. The fourth-order valence-electron chi connectivity index (χ4n) is 4.18. The Balaban J connectivity index is 1.96. The molecule has 0 spiro atoms. The van der Waals surface area contributed by atoms with Gasteiger partial charge in [0, 0.05) is 11.8 Å². The van der Waals surface area contributed by atoms with Crippen molar-refractivity contribution in [2.45, 2.75) is 19.4 Å². The number of aliphatic hydroxyl groups excluding tert-OH is 1. The molecule has 8 heteroatoms. The maximum atomic E-state index is 14.1. The second kappa shape index (κ2) is 10.5. The van der Waals surface area contributed by atoms with Gasteiger partial charge in [0.25, 0.3) is 11.7 Å². The molecule has 3 aromatic rings. The highest BCUT2D eigenvalue weighted by atomic mass is 19.1. The first kappa shape index (κ1) is 24.8. The lowest BCUT2D eigenvalue weighted by Crippen LogP contribution is -2.29. The van der Waals surface area contributed by atoms with Crippen LogP contribution in [0.25, 0.3) is 5.76 Å². The Bertz CT molecular complexity index is 1340. The first-order chi connectivity index (χ1) is 17.4. The van der Waals surface area contributed by atoms with Crippen molar-refractivity contribution in [3.8, 4) is 17.2 Å². The predicted octanol–water partition coefficient (Wildman–Crippen LogP) is 5.26. The van der Waals surface area contributed by atoms with Gasteiger partial charge in [0.05, 0.1) is 38.0 Å². The predicted molar refractivity (Wildman–Crippen MR) is 133 cm³/mol. The number of anilines is 1. The minimum atomic E-state index is -1.02. The number of rotatable bonds is 8. The summed E-state index contributed by atoms with van der Waals surface area (Å²) in [5.74, 6) is -1.74. The van der Waals surface area contributed by atoms with Gasteiger partial charge in [-0.25, -0.2) is 4.39 Å². The van der Waals surface area contributed by atoms with Gasteiger partial charge < -0.3 is 19.3 Å². The lowest BCUT2D eigenvalue weighted by molar-refractivity contribution is -0.132. The second-order valence-corrected chi connectivity index (χ2v) is 8.14. The van der Waals surface area contributed by atoms with Gasteiger partial charge in [0.1, 0.15) is 28.8 Å². The Morgan fingerprint density at radius 3 is 2.44 bits per heavy atom. The molecule has 1 amide bonds. The average Bonchev–Trinajstić information content (AvgIpc) is 3.17. The lowest BCUT2D eigenvalue weighted by atomic mass is 9.94. The first-order valence-electron chi connectivity index (χ1n) is 11.4. The molecule has 4 rings (SSSR count). The minimum Gasteiger partial charge on any atom is -0.507 e. The summed E-state index contributed by atoms with van der Waals surface area (Å²) < 4.78 is 30.5. The number of methoxy groups -OCH3 is 2. The van der Waals surface area contributed by atoms with E-state index in [0.717, 1.165) is 12.5 Å². The number of hydrogen-bond acceptors (Lipinski definition) is 6. The molecule has 1 aliphatic rings. The summed E-state index contributed by atoms with van der Waals surface area (Å²) in [6.45, 7) is 2.47. The average molecular weight is 492 g/mol. The van der Waals surface area contributed by atoms with Crippen LogP contribution in [-0.4, -0.2) is 37.6 Å². The Labute approximate surface area is 208 Å². The number of amides is 1. The van der Waals surface area contributed by atoms with Gasteiger partial charge in [0.15, 0.2) is 0 Å². The molecule has 36 heavy (non-hydrogen) atoms. The van der Waals surface area contributed by atoms with Crippen LogP contribution in [0.4, 0.5) is 10.1 Å². The highest BCUT2D eigenvalue weighted by Crippen LogP contribution is 2.44. The molecule has 0 radical (unpaired) electrons. The molecule has 1 saturated heterocycles. The van der Waals surface area contributed by atoms with E-state index in [1.165, 1.54) is 31.3 Å². The van der Waals surface area contributed by atoms with E-state index < -0.39 is 29.3 Å². The maximum absolute atomic E-state index is 14.1. The van der Waals surface area contributed by atoms with Gasteiger partial charge in [-0.1, -0.05) is 25.1 Å². The third kappa shape index (κ3) is 4.62. The SMILES string of the molecule is CCCOc1cccc(C2/C(=C(\O)c3cc(F)ccc3OC)C(=O)C(=O)N2c2cccc(OC)c2)c1. The maximum Gasteiger partial charge on any atom is 0.300 e. The van der Waals surface area contributed by atoms with E-state index in [2.05, 4.69) is 0 Å². The van der Waals surface area contributed by atoms with E-state index in [4.69, 9.17) is 14.2 Å². The zero-order valence-electron chi connectivity index (χ0n) is 20.2. The number of nitrogens with zero attached hydrogens (tertiary/aromatic N) is 1. The number of hydrogen-bond donors (Lipinski definition) is 1. The summed E-state index contributed by atoms with van der Waals surface area (Å²) in [4.78, 5) is 28.0. The number of ketones is 1. The van der Waals surface area contributed by atoms with E-state index in [0.29, 0.717) is 29.4 Å². The van der Waals surface area contributed by atoms with Gasteiger partial charge in [-0.2, -0.15) is 0 Å². The number of Topliss-reactive ketones (excluding diaryl/α,β-unsaturated/α-hetero) is 1. The molecule has 0 aromatic heterocycles. The van der Waals surface area contributed by atoms with Crippen molar-refractivity contribution in [2.75, 3.05) is 25.7 Å². The van der Waals surface area contributed by atoms with E-state index in [-0.39, 0.29) is 16.9 Å². The summed E-state index contributed by atoms with van der Waals surface area (Å²) in [7, 11) is 2.86. The molecule has 3 aromatic carbocycles. The third-order valence-electron chi connectivity index (χ3n) is 5.84. The number of ether oxygens (including phenoxy) is 3. The van der Waals surface area contributed by atoms with Crippen molar-refractivity contribution >= 4 is 23.1 Å². The van der Waals surface area contributed by atoms with Crippen LogP contribution in [0.2, 0.25) is 0 Å². The first-order valence-corrected chi connectivity index (χ1v) is 11.4. The van der Waals surface area contributed by atoms with Crippen molar-refractivity contribution < 1.29 is 33.3 Å². The molecule has 0 bridgehead atoms. The number of carbonyl (C=O) groups is 2. The zero-order chi connectivity index (χ0) is 25.8. The fraction of sp³-hybridized carbons (Fsp3) is 0.214. The molecule has 186 valence electrons. The van der Waals surface area contributed by atoms with Crippen LogP contribution >= 0.6 is 0 Å². The van der Waals surface area contributed by atoms with Crippen LogP contribution < -0.4 is 19.1 Å². The summed E-state index contributed by atoms with van der Waals surface area (Å²) in [6, 6.07) is 16.2. The normalized spacial score (nSPS) is 16.8. The largest absolute Gasteiger partial charge is 0.507 e. The van der Waals surface area contributed by atoms with Crippen LogP contribution in [0.1, 0.15) is 30.5 Å². The van der Waals surface area contributed by atoms with Crippen LogP contribution in [0.5, 0.6) is 17.2 Å². The van der Waals surface area contributed by atoms with Crippen molar-refractivity contribution in [1.29, 1.82) is 0 Å². The van der Waals surface area contributed by atoms with E-state index >= 15 is 0 Å². The molecule has 1 fully saturated rings. The Morgan fingerprint density at radius 2 is 1.72 bits per heavy atom. The summed E-state index contributed by atoms with van der Waals surface area (Å²) in [5.41, 5.74) is 0.693. The van der Waals surface area contributed by atoms with E-state index in [1.54, 1.807) is 48.5 Å². The summed E-state index contributed by atoms with van der Waals surface area (Å²) >= 11 is 0. The summed E-state index contributed by atoms with van der Waals surface area (Å²) in [5, 5.41) is 11.3. The molecule has 1 unspecified atom stereocenters. The number of benzene rings is 3. The van der Waals surface area contributed by atoms with Gasteiger partial charge in [-0.3, -0.25) is 14.5 Å². The van der Waals surface area contributed by atoms with E-state index in [9.17, 15) is 19.1 Å². The molecule has 1 aliphatic heterocycles. The van der Waals surface area contributed by atoms with Crippen molar-refractivity contribution in [1.82, 2.24) is 0 Å². The van der Waals surface area contributed by atoms with Crippen LogP contribution in [0, 0.1) is 5.82 Å². The number of halogens is 1. The molecular formula is C28H26FNO6. The monoisotopic (exact) mass is 491 g/mol. The van der Waals surface area contributed by atoms with Gasteiger partial charge in [-0.15, -0.1) is 0 Å². The molecule has 1 N–H and O–H groups in total. The molecule has 1 heterocycles. The molecule has 0 saturated carbocycles. The van der Waals surface area contributed by atoms with Crippen molar-refractivity contribution in [3.05, 3.63) is 89.2 Å². The lowest BCUT2D eigenvalue weighted by Gasteiger charge is -2.26. The molecule has 1 atom stereocenters. The van der Waals surface area contributed by atoms with Gasteiger partial charge in [-0.05, 0) is 54.4 Å². The van der Waals surface area contributed by atoms with Gasteiger partial charge >= 0.3 is 0 Å². The van der Waals surface area contributed by atoms with Gasteiger partial charge in [0.2, 0.25) is 0 Å². The third-order valence-corrected chi connectivity index (χ3v) is 5.84. The van der Waals surface area contributed by atoms with Crippen molar-refractivity contribution in [3.63, 3.8) is 0 Å². The topological polar surface area (TPSA) is 85.3 Å². The number of aliphatic hydroxyl groups is 1. The fourth-order valence-corrected chi connectivity index (χ4v) is 4.18. The molecule has 0 aliphatic carbocycles. The van der Waals surface area contributed by atoms with Crippen LogP contribution in [0.15, 0.2) is 72.3 Å². The Kier molecular flexibility index (Phi) is 7.24. The quantitative estimate of drug-likeness (QED) is 0.263. The van der Waals surface area contributed by atoms with E-state index in [1.807, 2.05) is 6.92 Å².